The predicted molar refractivity (Wildman–Crippen MR) is 77.4 cm³/mol. The molecule has 0 fully saturated rings. The molecule has 0 heterocycles. The van der Waals surface area contributed by atoms with Crippen LogP contribution in [0.15, 0.2) is 30.9 Å². The first-order valence-electron chi connectivity index (χ1n) is 6.08. The van der Waals surface area contributed by atoms with Gasteiger partial charge in [0.05, 0.1) is 4.92 Å². The third-order valence-corrected chi connectivity index (χ3v) is 2.84. The summed E-state index contributed by atoms with van der Waals surface area (Å²) < 4.78 is 0. The zero-order chi connectivity index (χ0) is 15.5. The molecule has 0 bridgehead atoms. The Labute approximate surface area is 117 Å². The molecule has 1 aromatic carbocycles. The standard InChI is InChI=1S/C14H18N2O4/c1-5-8-15(14(2,3)4)10-6-7-12(16(19)20)11(9-10)13(17)18/h5-7,9H,1,8H2,2-4H3,(H,17,18). The first-order chi connectivity index (χ1) is 9.18. The van der Waals surface area contributed by atoms with Crippen LogP contribution in [-0.4, -0.2) is 28.1 Å². The van der Waals surface area contributed by atoms with E-state index in [9.17, 15) is 14.9 Å². The Morgan fingerprint density at radius 1 is 1.50 bits per heavy atom. The molecule has 0 aromatic heterocycles. The van der Waals surface area contributed by atoms with E-state index >= 15 is 0 Å². The number of carbonyl (C=O) groups is 1. The normalized spacial score (nSPS) is 10.9. The maximum Gasteiger partial charge on any atom is 0.342 e. The number of nitrogens with zero attached hydrogens (tertiary/aromatic N) is 2. The molecule has 0 radical (unpaired) electrons. The van der Waals surface area contributed by atoms with Crippen molar-refractivity contribution in [1.82, 2.24) is 0 Å². The second kappa shape index (κ2) is 5.73. The van der Waals surface area contributed by atoms with Gasteiger partial charge in [-0.3, -0.25) is 10.1 Å². The molecule has 1 aromatic rings. The minimum atomic E-state index is -1.31. The Kier molecular flexibility index (Phi) is 4.49. The summed E-state index contributed by atoms with van der Waals surface area (Å²) in [6.45, 7) is 10.1. The Morgan fingerprint density at radius 3 is 2.50 bits per heavy atom. The molecule has 0 spiro atoms. The number of carboxylic acids is 1. The fraction of sp³-hybridized carbons (Fsp3) is 0.357. The molecule has 0 unspecified atom stereocenters. The van der Waals surface area contributed by atoms with Crippen LogP contribution in [0, 0.1) is 10.1 Å². The number of nitro benzene ring substituents is 1. The van der Waals surface area contributed by atoms with Crippen LogP contribution in [0.2, 0.25) is 0 Å². The molecular formula is C14H18N2O4. The molecule has 108 valence electrons. The van der Waals surface area contributed by atoms with Crippen LogP contribution in [0.1, 0.15) is 31.1 Å². The lowest BCUT2D eigenvalue weighted by Gasteiger charge is -2.37. The van der Waals surface area contributed by atoms with Crippen molar-refractivity contribution in [3.8, 4) is 0 Å². The number of anilines is 1. The average molecular weight is 278 g/mol. The predicted octanol–water partition coefficient (Wildman–Crippen LogP) is 3.08. The molecule has 0 amide bonds. The lowest BCUT2D eigenvalue weighted by atomic mass is 10.0. The molecule has 1 rings (SSSR count). The molecule has 6 nitrogen and oxygen atoms in total. The van der Waals surface area contributed by atoms with Gasteiger partial charge in [-0.1, -0.05) is 6.08 Å². The van der Waals surface area contributed by atoms with Gasteiger partial charge in [0.15, 0.2) is 0 Å². The summed E-state index contributed by atoms with van der Waals surface area (Å²) in [6, 6.07) is 4.11. The van der Waals surface area contributed by atoms with Gasteiger partial charge < -0.3 is 10.0 Å². The largest absolute Gasteiger partial charge is 0.477 e. The van der Waals surface area contributed by atoms with Crippen LogP contribution in [0.5, 0.6) is 0 Å². The zero-order valence-electron chi connectivity index (χ0n) is 11.8. The molecular weight excluding hydrogens is 260 g/mol. The van der Waals surface area contributed by atoms with Gasteiger partial charge in [-0.2, -0.15) is 0 Å². The Bertz CT molecular complexity index is 547. The van der Waals surface area contributed by atoms with E-state index in [0.29, 0.717) is 12.2 Å². The van der Waals surface area contributed by atoms with Gasteiger partial charge in [-0.05, 0) is 32.9 Å². The Hall–Kier alpha value is -2.37. The first kappa shape index (κ1) is 15.7. The first-order valence-corrected chi connectivity index (χ1v) is 6.08. The highest BCUT2D eigenvalue weighted by molar-refractivity contribution is 5.93. The van der Waals surface area contributed by atoms with Crippen LogP contribution < -0.4 is 4.90 Å². The molecule has 0 aliphatic rings. The molecule has 0 aliphatic carbocycles. The van der Waals surface area contributed by atoms with E-state index in [1.165, 1.54) is 12.1 Å². The lowest BCUT2D eigenvalue weighted by Crippen LogP contribution is -2.41. The van der Waals surface area contributed by atoms with E-state index in [0.717, 1.165) is 0 Å². The van der Waals surface area contributed by atoms with Crippen LogP contribution in [0.4, 0.5) is 11.4 Å². The fourth-order valence-electron chi connectivity index (χ4n) is 1.92. The highest BCUT2D eigenvalue weighted by Crippen LogP contribution is 2.29. The van der Waals surface area contributed by atoms with Crippen LogP contribution in [0.25, 0.3) is 0 Å². The van der Waals surface area contributed by atoms with E-state index < -0.39 is 16.6 Å². The van der Waals surface area contributed by atoms with Crippen molar-refractivity contribution in [1.29, 1.82) is 0 Å². The SMILES string of the molecule is C=CCN(c1ccc([N+](=O)[O-])c(C(=O)O)c1)C(C)(C)C. The summed E-state index contributed by atoms with van der Waals surface area (Å²) >= 11 is 0. The summed E-state index contributed by atoms with van der Waals surface area (Å²) in [7, 11) is 0. The monoisotopic (exact) mass is 278 g/mol. The van der Waals surface area contributed by atoms with Crippen molar-refractivity contribution in [2.45, 2.75) is 26.3 Å². The van der Waals surface area contributed by atoms with E-state index in [-0.39, 0.29) is 11.1 Å². The van der Waals surface area contributed by atoms with Gasteiger partial charge >= 0.3 is 5.97 Å². The number of carboxylic acid groups (broad SMARTS) is 1. The number of benzene rings is 1. The highest BCUT2D eigenvalue weighted by Gasteiger charge is 2.25. The van der Waals surface area contributed by atoms with Crippen molar-refractivity contribution in [2.24, 2.45) is 0 Å². The van der Waals surface area contributed by atoms with Crippen LogP contribution in [0.3, 0.4) is 0 Å². The number of hydrogen-bond acceptors (Lipinski definition) is 4. The number of aromatic carboxylic acids is 1. The van der Waals surface area contributed by atoms with Crippen molar-refractivity contribution < 1.29 is 14.8 Å². The lowest BCUT2D eigenvalue weighted by molar-refractivity contribution is -0.385. The average Bonchev–Trinajstić information content (AvgIpc) is 2.33. The summed E-state index contributed by atoms with van der Waals surface area (Å²) in [4.78, 5) is 23.2. The maximum atomic E-state index is 11.2. The molecule has 0 saturated carbocycles. The Balaban J connectivity index is 3.39. The third-order valence-electron chi connectivity index (χ3n) is 2.84. The summed E-state index contributed by atoms with van der Waals surface area (Å²) in [5, 5.41) is 20.0. The number of rotatable bonds is 5. The molecule has 6 heteroatoms. The number of nitro groups is 1. The molecule has 1 N–H and O–H groups in total. The van der Waals surface area contributed by atoms with E-state index in [2.05, 4.69) is 6.58 Å². The molecule has 0 saturated heterocycles. The van der Waals surface area contributed by atoms with Crippen molar-refractivity contribution >= 4 is 17.3 Å². The quantitative estimate of drug-likeness (QED) is 0.508. The zero-order valence-corrected chi connectivity index (χ0v) is 11.8. The molecule has 0 atom stereocenters. The van der Waals surface area contributed by atoms with Gasteiger partial charge in [0.25, 0.3) is 5.69 Å². The summed E-state index contributed by atoms with van der Waals surface area (Å²) in [5.41, 5.74) is -0.375. The second-order valence-corrected chi connectivity index (χ2v) is 5.33. The second-order valence-electron chi connectivity index (χ2n) is 5.33. The topological polar surface area (TPSA) is 83.7 Å². The van der Waals surface area contributed by atoms with Crippen molar-refractivity contribution in [3.05, 3.63) is 46.5 Å². The maximum absolute atomic E-state index is 11.2. The van der Waals surface area contributed by atoms with Crippen molar-refractivity contribution in [3.63, 3.8) is 0 Å². The van der Waals surface area contributed by atoms with Crippen molar-refractivity contribution in [2.75, 3.05) is 11.4 Å². The fourth-order valence-corrected chi connectivity index (χ4v) is 1.92. The highest BCUT2D eigenvalue weighted by atomic mass is 16.6. The van der Waals surface area contributed by atoms with Gasteiger partial charge in [0.2, 0.25) is 0 Å². The van der Waals surface area contributed by atoms with E-state index in [4.69, 9.17) is 5.11 Å². The molecule has 20 heavy (non-hydrogen) atoms. The van der Waals surface area contributed by atoms with Crippen LogP contribution in [-0.2, 0) is 0 Å². The smallest absolute Gasteiger partial charge is 0.342 e. The summed E-state index contributed by atoms with van der Waals surface area (Å²) in [5.74, 6) is -1.31. The van der Waals surface area contributed by atoms with Gasteiger partial charge in [0, 0.05) is 23.8 Å². The van der Waals surface area contributed by atoms with Gasteiger partial charge in [0.1, 0.15) is 5.56 Å². The van der Waals surface area contributed by atoms with Gasteiger partial charge in [-0.25, -0.2) is 4.79 Å². The summed E-state index contributed by atoms with van der Waals surface area (Å²) in [6.07, 6.45) is 1.70. The van der Waals surface area contributed by atoms with E-state index in [1.54, 1.807) is 12.1 Å². The Morgan fingerprint density at radius 2 is 2.10 bits per heavy atom. The molecule has 0 aliphatic heterocycles. The van der Waals surface area contributed by atoms with Crippen LogP contribution >= 0.6 is 0 Å². The number of hydrogen-bond donors (Lipinski definition) is 1. The minimum absolute atomic E-state index is 0.264. The van der Waals surface area contributed by atoms with Gasteiger partial charge in [-0.15, -0.1) is 6.58 Å². The minimum Gasteiger partial charge on any atom is -0.477 e. The third kappa shape index (κ3) is 3.34. The van der Waals surface area contributed by atoms with E-state index in [1.807, 2.05) is 25.7 Å².